The van der Waals surface area contributed by atoms with E-state index in [4.69, 9.17) is 5.73 Å². The molecule has 1 aliphatic heterocycles. The number of rotatable bonds is 4. The number of anilines is 2. The first-order valence-electron chi connectivity index (χ1n) is 7.38. The fourth-order valence-corrected chi connectivity index (χ4v) is 2.74. The Hall–Kier alpha value is -2.96. The SMILES string of the molecule is NC(=O)c1cc(NCC(=O)N2CCc3ccccc32)c(F)cc1F. The molecule has 0 radical (unpaired) electrons. The minimum absolute atomic E-state index is 0.147. The lowest BCUT2D eigenvalue weighted by atomic mass is 10.1. The second-order valence-corrected chi connectivity index (χ2v) is 5.45. The third kappa shape index (κ3) is 2.92. The van der Waals surface area contributed by atoms with E-state index in [1.165, 1.54) is 0 Å². The molecule has 1 aliphatic rings. The van der Waals surface area contributed by atoms with Gasteiger partial charge in [0.1, 0.15) is 11.6 Å². The van der Waals surface area contributed by atoms with E-state index in [2.05, 4.69) is 5.32 Å². The maximum atomic E-state index is 13.8. The molecule has 0 saturated heterocycles. The van der Waals surface area contributed by atoms with Gasteiger partial charge in [-0.25, -0.2) is 8.78 Å². The van der Waals surface area contributed by atoms with Crippen molar-refractivity contribution in [2.45, 2.75) is 6.42 Å². The smallest absolute Gasteiger partial charge is 0.251 e. The highest BCUT2D eigenvalue weighted by Crippen LogP contribution is 2.27. The summed E-state index contributed by atoms with van der Waals surface area (Å²) >= 11 is 0. The zero-order valence-corrected chi connectivity index (χ0v) is 12.7. The number of carbonyl (C=O) groups excluding carboxylic acids is 2. The standard InChI is InChI=1S/C17H15F2N3O2/c18-12-8-13(19)14(7-11(12)17(20)24)21-9-16(23)22-6-5-10-3-1-2-4-15(10)22/h1-4,7-8,21H,5-6,9H2,(H2,20,24). The molecule has 2 aromatic carbocycles. The van der Waals surface area contributed by atoms with Crippen molar-refractivity contribution in [1.82, 2.24) is 0 Å². The maximum Gasteiger partial charge on any atom is 0.251 e. The number of hydrogen-bond donors (Lipinski definition) is 2. The zero-order valence-electron chi connectivity index (χ0n) is 12.7. The minimum atomic E-state index is -1.04. The molecule has 7 heteroatoms. The molecule has 3 rings (SSSR count). The normalized spacial score (nSPS) is 12.8. The predicted octanol–water partition coefficient (Wildman–Crippen LogP) is 2.06. The molecule has 0 atom stereocenters. The fraction of sp³-hybridized carbons (Fsp3) is 0.176. The number of primary amides is 1. The van der Waals surface area contributed by atoms with E-state index < -0.39 is 23.1 Å². The second kappa shape index (κ2) is 6.27. The van der Waals surface area contributed by atoms with E-state index in [-0.39, 0.29) is 18.1 Å². The van der Waals surface area contributed by atoms with Crippen molar-refractivity contribution in [2.24, 2.45) is 5.73 Å². The van der Waals surface area contributed by atoms with Gasteiger partial charge in [-0.3, -0.25) is 9.59 Å². The molecular weight excluding hydrogens is 316 g/mol. The van der Waals surface area contributed by atoms with Gasteiger partial charge in [-0.05, 0) is 24.1 Å². The highest BCUT2D eigenvalue weighted by molar-refractivity contribution is 5.98. The number of carbonyl (C=O) groups is 2. The summed E-state index contributed by atoms with van der Waals surface area (Å²) in [6.45, 7) is 0.368. The minimum Gasteiger partial charge on any atom is -0.374 e. The van der Waals surface area contributed by atoms with E-state index >= 15 is 0 Å². The van der Waals surface area contributed by atoms with Gasteiger partial charge in [-0.15, -0.1) is 0 Å². The van der Waals surface area contributed by atoms with Crippen LogP contribution >= 0.6 is 0 Å². The first-order valence-corrected chi connectivity index (χ1v) is 7.38. The van der Waals surface area contributed by atoms with Crippen LogP contribution in [0.2, 0.25) is 0 Å². The lowest BCUT2D eigenvalue weighted by Crippen LogP contribution is -2.34. The molecule has 0 saturated carbocycles. The van der Waals surface area contributed by atoms with Crippen LogP contribution in [-0.4, -0.2) is 24.9 Å². The van der Waals surface area contributed by atoms with E-state index in [1.54, 1.807) is 4.90 Å². The van der Waals surface area contributed by atoms with Crippen LogP contribution in [0, 0.1) is 11.6 Å². The van der Waals surface area contributed by atoms with Crippen LogP contribution in [0.3, 0.4) is 0 Å². The van der Waals surface area contributed by atoms with Crippen molar-refractivity contribution in [1.29, 1.82) is 0 Å². The van der Waals surface area contributed by atoms with Gasteiger partial charge in [0.2, 0.25) is 5.91 Å². The molecular formula is C17H15F2N3O2. The van der Waals surface area contributed by atoms with Gasteiger partial charge in [-0.1, -0.05) is 18.2 Å². The molecule has 3 N–H and O–H groups in total. The number of benzene rings is 2. The largest absolute Gasteiger partial charge is 0.374 e. The van der Waals surface area contributed by atoms with Gasteiger partial charge in [0.15, 0.2) is 0 Å². The molecule has 2 aromatic rings. The molecule has 0 aliphatic carbocycles. The van der Waals surface area contributed by atoms with Gasteiger partial charge < -0.3 is 16.0 Å². The Balaban J connectivity index is 1.74. The Kier molecular flexibility index (Phi) is 4.16. The highest BCUT2D eigenvalue weighted by atomic mass is 19.1. The topological polar surface area (TPSA) is 75.4 Å². The van der Waals surface area contributed by atoms with Crippen molar-refractivity contribution >= 4 is 23.2 Å². The summed E-state index contributed by atoms with van der Waals surface area (Å²) in [4.78, 5) is 25.1. The average molecular weight is 331 g/mol. The third-order valence-corrected chi connectivity index (χ3v) is 3.94. The van der Waals surface area contributed by atoms with Crippen LogP contribution in [0.1, 0.15) is 15.9 Å². The molecule has 0 fully saturated rings. The summed E-state index contributed by atoms with van der Waals surface area (Å²) in [7, 11) is 0. The highest BCUT2D eigenvalue weighted by Gasteiger charge is 2.24. The number of amides is 2. The molecule has 0 unspecified atom stereocenters. The van der Waals surface area contributed by atoms with Gasteiger partial charge in [0.25, 0.3) is 5.91 Å². The van der Waals surface area contributed by atoms with Gasteiger partial charge in [0.05, 0.1) is 17.8 Å². The summed E-state index contributed by atoms with van der Waals surface area (Å²) in [5, 5.41) is 2.60. The lowest BCUT2D eigenvalue weighted by molar-refractivity contribution is -0.116. The summed E-state index contributed by atoms with van der Waals surface area (Å²) in [6.07, 6.45) is 0.763. The van der Waals surface area contributed by atoms with Crippen molar-refractivity contribution in [3.8, 4) is 0 Å². The van der Waals surface area contributed by atoms with E-state index in [1.807, 2.05) is 24.3 Å². The van der Waals surface area contributed by atoms with Crippen molar-refractivity contribution in [3.63, 3.8) is 0 Å². The van der Waals surface area contributed by atoms with Gasteiger partial charge in [-0.2, -0.15) is 0 Å². The van der Waals surface area contributed by atoms with Crippen LogP contribution in [-0.2, 0) is 11.2 Å². The number of hydrogen-bond acceptors (Lipinski definition) is 3. The zero-order chi connectivity index (χ0) is 17.3. The monoisotopic (exact) mass is 331 g/mol. The van der Waals surface area contributed by atoms with Crippen LogP contribution in [0.5, 0.6) is 0 Å². The molecule has 0 aromatic heterocycles. The number of nitrogens with zero attached hydrogens (tertiary/aromatic N) is 1. The fourth-order valence-electron chi connectivity index (χ4n) is 2.74. The van der Waals surface area contributed by atoms with Crippen LogP contribution < -0.4 is 16.0 Å². The van der Waals surface area contributed by atoms with Crippen LogP contribution in [0.4, 0.5) is 20.2 Å². The maximum absolute atomic E-state index is 13.8. The van der Waals surface area contributed by atoms with E-state index in [0.717, 1.165) is 23.7 Å². The quantitative estimate of drug-likeness (QED) is 0.900. The molecule has 24 heavy (non-hydrogen) atoms. The summed E-state index contributed by atoms with van der Waals surface area (Å²) in [5.74, 6) is -3.18. The first-order chi connectivity index (χ1) is 11.5. The first kappa shape index (κ1) is 15.9. The van der Waals surface area contributed by atoms with Crippen LogP contribution in [0.15, 0.2) is 36.4 Å². The molecule has 2 amide bonds. The molecule has 0 spiro atoms. The third-order valence-electron chi connectivity index (χ3n) is 3.94. The second-order valence-electron chi connectivity index (χ2n) is 5.45. The molecule has 5 nitrogen and oxygen atoms in total. The van der Waals surface area contributed by atoms with Crippen LogP contribution in [0.25, 0.3) is 0 Å². The number of halogens is 2. The van der Waals surface area contributed by atoms with Gasteiger partial charge >= 0.3 is 0 Å². The number of nitrogens with two attached hydrogens (primary N) is 1. The van der Waals surface area contributed by atoms with Crippen molar-refractivity contribution < 1.29 is 18.4 Å². The molecule has 1 heterocycles. The Morgan fingerprint density at radius 1 is 1.17 bits per heavy atom. The number of para-hydroxylation sites is 1. The number of fused-ring (bicyclic) bond motifs is 1. The Morgan fingerprint density at radius 3 is 2.67 bits per heavy atom. The average Bonchev–Trinajstić information content (AvgIpc) is 2.97. The predicted molar refractivity (Wildman–Crippen MR) is 85.9 cm³/mol. The van der Waals surface area contributed by atoms with E-state index in [9.17, 15) is 18.4 Å². The van der Waals surface area contributed by atoms with Crippen molar-refractivity contribution in [3.05, 3.63) is 59.2 Å². The Labute approximate surface area is 137 Å². The van der Waals surface area contributed by atoms with Crippen molar-refractivity contribution in [2.75, 3.05) is 23.3 Å². The number of nitrogens with one attached hydrogen (secondary N) is 1. The summed E-state index contributed by atoms with van der Waals surface area (Å²) < 4.78 is 27.2. The Morgan fingerprint density at radius 2 is 1.92 bits per heavy atom. The van der Waals surface area contributed by atoms with E-state index in [0.29, 0.717) is 12.6 Å². The summed E-state index contributed by atoms with van der Waals surface area (Å²) in [6, 6.07) is 9.09. The summed E-state index contributed by atoms with van der Waals surface area (Å²) in [5.41, 5.74) is 6.37. The molecule has 0 bridgehead atoms. The van der Waals surface area contributed by atoms with Gasteiger partial charge in [0, 0.05) is 18.3 Å². The molecule has 124 valence electrons. The Bertz CT molecular complexity index is 823. The lowest BCUT2D eigenvalue weighted by Gasteiger charge is -2.18.